The quantitative estimate of drug-likeness (QED) is 0.821. The number of hydrogen-bond donors (Lipinski definition) is 2. The summed E-state index contributed by atoms with van der Waals surface area (Å²) >= 11 is 3.35. The Bertz CT molecular complexity index is 674. The van der Waals surface area contributed by atoms with Crippen LogP contribution >= 0.6 is 15.9 Å². The minimum atomic E-state index is -0.675. The van der Waals surface area contributed by atoms with Crippen LogP contribution in [0.15, 0.2) is 47.1 Å². The fourth-order valence-electron chi connectivity index (χ4n) is 1.88. The first-order valence-electron chi connectivity index (χ1n) is 6.81. The fraction of sp³-hybridized carbons (Fsp3) is 0.188. The number of carbonyl (C=O) groups is 2. The van der Waals surface area contributed by atoms with Gasteiger partial charge in [0.25, 0.3) is 0 Å². The van der Waals surface area contributed by atoms with Gasteiger partial charge in [-0.25, -0.2) is 0 Å². The maximum Gasteiger partial charge on any atom is 0.313 e. The van der Waals surface area contributed by atoms with Gasteiger partial charge in [-0.3, -0.25) is 14.6 Å². The van der Waals surface area contributed by atoms with Crippen molar-refractivity contribution in [2.24, 2.45) is 0 Å². The van der Waals surface area contributed by atoms with Gasteiger partial charge in [-0.2, -0.15) is 0 Å². The van der Waals surface area contributed by atoms with Gasteiger partial charge in [0, 0.05) is 35.0 Å². The van der Waals surface area contributed by atoms with Gasteiger partial charge in [0.2, 0.25) is 0 Å². The van der Waals surface area contributed by atoms with Gasteiger partial charge in [0.1, 0.15) is 0 Å². The average Bonchev–Trinajstić information content (AvgIpc) is 2.51. The summed E-state index contributed by atoms with van der Waals surface area (Å²) in [6, 6.07) is 11.0. The number of anilines is 1. The molecule has 5 nitrogen and oxygen atoms in total. The first kappa shape index (κ1) is 16.2. The van der Waals surface area contributed by atoms with Crippen LogP contribution < -0.4 is 10.6 Å². The third kappa shape index (κ3) is 4.66. The zero-order chi connectivity index (χ0) is 15.9. The van der Waals surface area contributed by atoms with Crippen molar-refractivity contribution in [2.45, 2.75) is 13.3 Å². The van der Waals surface area contributed by atoms with Crippen molar-refractivity contribution >= 4 is 33.4 Å². The van der Waals surface area contributed by atoms with Crippen molar-refractivity contribution in [3.8, 4) is 0 Å². The monoisotopic (exact) mass is 361 g/mol. The van der Waals surface area contributed by atoms with Crippen LogP contribution in [0.4, 0.5) is 5.69 Å². The van der Waals surface area contributed by atoms with E-state index in [2.05, 4.69) is 31.5 Å². The van der Waals surface area contributed by atoms with E-state index in [1.807, 2.05) is 37.3 Å². The smallest absolute Gasteiger partial charge is 0.313 e. The van der Waals surface area contributed by atoms with E-state index >= 15 is 0 Å². The van der Waals surface area contributed by atoms with Crippen LogP contribution in [0.25, 0.3) is 0 Å². The predicted octanol–water partition coefficient (Wildman–Crippen LogP) is 2.45. The number of pyridine rings is 1. The Balaban J connectivity index is 1.83. The number of aryl methyl sites for hydroxylation is 1. The predicted molar refractivity (Wildman–Crippen MR) is 88.5 cm³/mol. The number of benzene rings is 1. The molecule has 6 heteroatoms. The second kappa shape index (κ2) is 7.70. The first-order chi connectivity index (χ1) is 10.6. The van der Waals surface area contributed by atoms with Gasteiger partial charge in [0.05, 0.1) is 0 Å². The summed E-state index contributed by atoms with van der Waals surface area (Å²) in [5.41, 5.74) is 2.36. The second-order valence-corrected chi connectivity index (χ2v) is 5.66. The highest BCUT2D eigenvalue weighted by Gasteiger charge is 2.14. The Kier molecular flexibility index (Phi) is 5.66. The van der Waals surface area contributed by atoms with Gasteiger partial charge in [0.15, 0.2) is 0 Å². The molecule has 1 aromatic heterocycles. The van der Waals surface area contributed by atoms with Crippen LogP contribution in [0.2, 0.25) is 0 Å². The molecule has 0 saturated heterocycles. The SMILES string of the molecule is Cc1cc(Br)ccc1NC(=O)C(=O)NCCc1ccccn1. The minimum absolute atomic E-state index is 0.364. The zero-order valence-corrected chi connectivity index (χ0v) is 13.7. The summed E-state index contributed by atoms with van der Waals surface area (Å²) in [7, 11) is 0. The number of nitrogens with zero attached hydrogens (tertiary/aromatic N) is 1. The third-order valence-electron chi connectivity index (χ3n) is 3.04. The molecule has 2 aromatic rings. The number of halogens is 1. The summed E-state index contributed by atoms with van der Waals surface area (Å²) in [5, 5.41) is 5.18. The van der Waals surface area contributed by atoms with E-state index in [0.717, 1.165) is 15.7 Å². The van der Waals surface area contributed by atoms with Crippen LogP contribution in [-0.2, 0) is 16.0 Å². The van der Waals surface area contributed by atoms with Crippen molar-refractivity contribution in [1.82, 2.24) is 10.3 Å². The molecule has 22 heavy (non-hydrogen) atoms. The maximum atomic E-state index is 11.8. The summed E-state index contributed by atoms with van der Waals surface area (Å²) in [6.45, 7) is 2.22. The molecule has 0 unspecified atom stereocenters. The maximum absolute atomic E-state index is 11.8. The third-order valence-corrected chi connectivity index (χ3v) is 3.53. The first-order valence-corrected chi connectivity index (χ1v) is 7.61. The molecule has 2 N–H and O–H groups in total. The number of nitrogens with one attached hydrogen (secondary N) is 2. The lowest BCUT2D eigenvalue weighted by Gasteiger charge is -2.09. The normalized spacial score (nSPS) is 10.1. The molecule has 2 rings (SSSR count). The zero-order valence-electron chi connectivity index (χ0n) is 12.1. The Hall–Kier alpha value is -2.21. The lowest BCUT2D eigenvalue weighted by molar-refractivity contribution is -0.136. The molecule has 0 atom stereocenters. The van der Waals surface area contributed by atoms with Crippen molar-refractivity contribution in [1.29, 1.82) is 0 Å². The van der Waals surface area contributed by atoms with Crippen LogP contribution in [0.5, 0.6) is 0 Å². The molecule has 0 aliphatic carbocycles. The molecule has 1 heterocycles. The van der Waals surface area contributed by atoms with Gasteiger partial charge in [-0.15, -0.1) is 0 Å². The van der Waals surface area contributed by atoms with Gasteiger partial charge < -0.3 is 10.6 Å². The molecule has 0 aliphatic rings. The summed E-state index contributed by atoms with van der Waals surface area (Å²) in [5.74, 6) is -1.33. The number of hydrogen-bond acceptors (Lipinski definition) is 3. The van der Waals surface area contributed by atoms with Crippen LogP contribution in [0.3, 0.4) is 0 Å². The molecule has 0 aliphatic heterocycles. The minimum Gasteiger partial charge on any atom is -0.347 e. The highest BCUT2D eigenvalue weighted by atomic mass is 79.9. The largest absolute Gasteiger partial charge is 0.347 e. The number of amides is 2. The van der Waals surface area contributed by atoms with Crippen LogP contribution in [-0.4, -0.2) is 23.3 Å². The Morgan fingerprint density at radius 2 is 2.00 bits per heavy atom. The Labute approximate surface area is 137 Å². The van der Waals surface area contributed by atoms with Gasteiger partial charge in [-0.1, -0.05) is 22.0 Å². The molecule has 1 aromatic carbocycles. The van der Waals surface area contributed by atoms with Crippen molar-refractivity contribution < 1.29 is 9.59 Å². The second-order valence-electron chi connectivity index (χ2n) is 4.74. The van der Waals surface area contributed by atoms with E-state index in [1.54, 1.807) is 12.3 Å². The van der Waals surface area contributed by atoms with Crippen molar-refractivity contribution in [3.63, 3.8) is 0 Å². The molecule has 0 bridgehead atoms. The van der Waals surface area contributed by atoms with E-state index in [4.69, 9.17) is 0 Å². The topological polar surface area (TPSA) is 71.1 Å². The van der Waals surface area contributed by atoms with E-state index in [0.29, 0.717) is 18.7 Å². The summed E-state index contributed by atoms with van der Waals surface area (Å²) in [4.78, 5) is 27.8. The molecule has 0 spiro atoms. The Morgan fingerprint density at radius 3 is 2.68 bits per heavy atom. The molecular weight excluding hydrogens is 346 g/mol. The van der Waals surface area contributed by atoms with E-state index in [9.17, 15) is 9.59 Å². The average molecular weight is 362 g/mol. The molecule has 2 amide bonds. The molecular formula is C16H16BrN3O2. The molecule has 0 saturated carbocycles. The van der Waals surface area contributed by atoms with Gasteiger partial charge >= 0.3 is 11.8 Å². The van der Waals surface area contributed by atoms with E-state index < -0.39 is 11.8 Å². The van der Waals surface area contributed by atoms with Crippen LogP contribution in [0, 0.1) is 6.92 Å². The summed E-state index contributed by atoms with van der Waals surface area (Å²) in [6.07, 6.45) is 2.28. The molecule has 0 fully saturated rings. The van der Waals surface area contributed by atoms with Crippen molar-refractivity contribution in [3.05, 3.63) is 58.3 Å². The highest BCUT2D eigenvalue weighted by molar-refractivity contribution is 9.10. The van der Waals surface area contributed by atoms with Crippen LogP contribution in [0.1, 0.15) is 11.3 Å². The van der Waals surface area contributed by atoms with E-state index in [-0.39, 0.29) is 0 Å². The van der Waals surface area contributed by atoms with Crippen molar-refractivity contribution in [2.75, 3.05) is 11.9 Å². The number of rotatable bonds is 4. The van der Waals surface area contributed by atoms with E-state index in [1.165, 1.54) is 0 Å². The Morgan fingerprint density at radius 1 is 1.18 bits per heavy atom. The van der Waals surface area contributed by atoms with Gasteiger partial charge in [-0.05, 0) is 42.8 Å². The molecule has 0 radical (unpaired) electrons. The highest BCUT2D eigenvalue weighted by Crippen LogP contribution is 2.19. The molecule has 114 valence electrons. The lowest BCUT2D eigenvalue weighted by Crippen LogP contribution is -2.36. The number of carbonyl (C=O) groups excluding carboxylic acids is 2. The summed E-state index contributed by atoms with van der Waals surface area (Å²) < 4.78 is 0.919. The fourth-order valence-corrected chi connectivity index (χ4v) is 2.35. The lowest BCUT2D eigenvalue weighted by atomic mass is 10.2. The number of aromatic nitrogens is 1. The standard InChI is InChI=1S/C16H16BrN3O2/c1-11-10-12(17)5-6-14(11)20-16(22)15(21)19-9-7-13-4-2-3-8-18-13/h2-6,8,10H,7,9H2,1H3,(H,19,21)(H,20,22).